The molecule has 0 bridgehead atoms. The molecule has 1 amide bonds. The van der Waals surface area contributed by atoms with E-state index in [4.69, 9.17) is 27.3 Å². The fourth-order valence-electron chi connectivity index (χ4n) is 3.65. The number of amides is 1. The van der Waals surface area contributed by atoms with Gasteiger partial charge in [-0.1, -0.05) is 25.4 Å². The molecule has 1 fully saturated rings. The van der Waals surface area contributed by atoms with Crippen LogP contribution in [0.15, 0.2) is 30.6 Å². The number of nitrogens with one attached hydrogen (secondary N) is 1. The summed E-state index contributed by atoms with van der Waals surface area (Å²) in [7, 11) is 0. The van der Waals surface area contributed by atoms with Gasteiger partial charge in [-0.3, -0.25) is 4.79 Å². The number of nitrogen functional groups attached to an aromatic ring is 1. The first-order valence-electron chi connectivity index (χ1n) is 8.80. The predicted octanol–water partition coefficient (Wildman–Crippen LogP) is 3.34. The predicted molar refractivity (Wildman–Crippen MR) is 106 cm³/mol. The van der Waals surface area contributed by atoms with Crippen molar-refractivity contribution in [2.24, 2.45) is 5.41 Å². The molecule has 2 atom stereocenters. The van der Waals surface area contributed by atoms with Crippen LogP contribution in [0, 0.1) is 16.7 Å². The number of rotatable bonds is 4. The number of hydrogen-bond acceptors (Lipinski definition) is 6. The van der Waals surface area contributed by atoms with Crippen LogP contribution < -0.4 is 15.8 Å². The minimum Gasteiger partial charge on any atom is -0.487 e. The molecule has 1 aromatic heterocycles. The van der Waals surface area contributed by atoms with Crippen molar-refractivity contribution < 1.29 is 9.53 Å². The average Bonchev–Trinajstić information content (AvgIpc) is 2.62. The van der Waals surface area contributed by atoms with Crippen LogP contribution in [0.3, 0.4) is 0 Å². The Kier molecular flexibility index (Phi) is 4.72. The first-order valence-corrected chi connectivity index (χ1v) is 9.18. The van der Waals surface area contributed by atoms with Crippen LogP contribution in [0.1, 0.15) is 50.0 Å². The van der Waals surface area contributed by atoms with Gasteiger partial charge in [0.15, 0.2) is 0 Å². The summed E-state index contributed by atoms with van der Waals surface area (Å²) in [6, 6.07) is 7.03. The lowest BCUT2D eigenvalue weighted by atomic mass is 9.48. The molecule has 3 N–H and O–H groups in total. The zero-order valence-corrected chi connectivity index (χ0v) is 17.0. The lowest BCUT2D eigenvalue weighted by molar-refractivity contribution is -0.180. The molecule has 1 heterocycles. The summed E-state index contributed by atoms with van der Waals surface area (Å²) in [4.78, 5) is 20.3. The summed E-state index contributed by atoms with van der Waals surface area (Å²) in [5.74, 6) is 0.438. The smallest absolute Gasteiger partial charge is 0.254 e. The van der Waals surface area contributed by atoms with E-state index in [0.29, 0.717) is 28.3 Å². The molecule has 0 radical (unpaired) electrons. The van der Waals surface area contributed by atoms with E-state index in [0.717, 1.165) is 0 Å². The Morgan fingerprint density at radius 2 is 1.93 bits per heavy atom. The Morgan fingerprint density at radius 1 is 1.29 bits per heavy atom. The van der Waals surface area contributed by atoms with Gasteiger partial charge >= 0.3 is 0 Å². The molecule has 2 unspecified atom stereocenters. The quantitative estimate of drug-likeness (QED) is 0.814. The van der Waals surface area contributed by atoms with Gasteiger partial charge in [-0.2, -0.15) is 5.26 Å². The highest BCUT2D eigenvalue weighted by Crippen LogP contribution is 2.58. The molecule has 1 aliphatic carbocycles. The highest BCUT2D eigenvalue weighted by Gasteiger charge is 2.67. The third-order valence-electron chi connectivity index (χ3n) is 6.12. The fourth-order valence-corrected chi connectivity index (χ4v) is 3.86. The minimum atomic E-state index is -0.538. The highest BCUT2D eigenvalue weighted by atomic mass is 35.5. The molecule has 8 heteroatoms. The number of aromatic nitrogens is 2. The normalized spacial score (nSPS) is 25.3. The maximum absolute atomic E-state index is 12.6. The SMILES string of the molecule is CC1(NC(=O)c2cnc(N)nc2)CC(C)(Oc2ccc(C#N)c(Cl)c2)C1(C)C. The molecule has 0 spiro atoms. The Bertz CT molecular complexity index is 970. The van der Waals surface area contributed by atoms with Gasteiger partial charge < -0.3 is 15.8 Å². The van der Waals surface area contributed by atoms with Gasteiger partial charge in [-0.05, 0) is 26.0 Å². The zero-order valence-electron chi connectivity index (χ0n) is 16.2. The van der Waals surface area contributed by atoms with Crippen molar-refractivity contribution in [2.45, 2.75) is 45.3 Å². The maximum Gasteiger partial charge on any atom is 0.254 e. The second kappa shape index (κ2) is 6.64. The van der Waals surface area contributed by atoms with E-state index in [1.54, 1.807) is 18.2 Å². The van der Waals surface area contributed by atoms with Crippen LogP contribution in [-0.2, 0) is 0 Å². The van der Waals surface area contributed by atoms with Crippen molar-refractivity contribution in [1.29, 1.82) is 5.26 Å². The lowest BCUT2D eigenvalue weighted by Crippen LogP contribution is -2.77. The van der Waals surface area contributed by atoms with E-state index in [1.807, 2.05) is 33.8 Å². The van der Waals surface area contributed by atoms with Gasteiger partial charge in [0.25, 0.3) is 5.91 Å². The number of hydrogen-bond donors (Lipinski definition) is 2. The molecule has 7 nitrogen and oxygen atoms in total. The van der Waals surface area contributed by atoms with E-state index in [1.165, 1.54) is 12.4 Å². The van der Waals surface area contributed by atoms with Crippen LogP contribution in [-0.4, -0.2) is 27.0 Å². The largest absolute Gasteiger partial charge is 0.487 e. The van der Waals surface area contributed by atoms with Crippen molar-refractivity contribution >= 4 is 23.5 Å². The number of nitriles is 1. The molecule has 0 aliphatic heterocycles. The van der Waals surface area contributed by atoms with E-state index >= 15 is 0 Å². The second-order valence-corrected chi connectivity index (χ2v) is 8.41. The van der Waals surface area contributed by atoms with Crippen molar-refractivity contribution in [1.82, 2.24) is 15.3 Å². The van der Waals surface area contributed by atoms with Gasteiger partial charge in [0, 0.05) is 30.3 Å². The number of nitrogens with zero attached hydrogens (tertiary/aromatic N) is 3. The number of halogens is 1. The van der Waals surface area contributed by atoms with Crippen molar-refractivity contribution in [3.63, 3.8) is 0 Å². The molecule has 0 saturated heterocycles. The molecular formula is C20H22ClN5O2. The topological polar surface area (TPSA) is 114 Å². The van der Waals surface area contributed by atoms with Gasteiger partial charge in [0.2, 0.25) is 5.95 Å². The molecule has 1 saturated carbocycles. The van der Waals surface area contributed by atoms with E-state index in [-0.39, 0.29) is 11.9 Å². The summed E-state index contributed by atoms with van der Waals surface area (Å²) in [5, 5.41) is 12.4. The standard InChI is InChI=1S/C20H22ClN5O2/c1-18(2)19(3,26-16(27)13-9-24-17(23)25-10-13)11-20(18,4)28-14-6-5-12(8-22)15(21)7-14/h5-7,9-10H,11H2,1-4H3,(H,26,27)(H2,23,24,25). The first-order chi connectivity index (χ1) is 13.0. The van der Waals surface area contributed by atoms with Crippen LogP contribution in [0.4, 0.5) is 5.95 Å². The van der Waals surface area contributed by atoms with Gasteiger partial charge in [0.05, 0.1) is 21.7 Å². The van der Waals surface area contributed by atoms with Crippen LogP contribution in [0.2, 0.25) is 5.02 Å². The summed E-state index contributed by atoms with van der Waals surface area (Å²) in [6.07, 6.45) is 3.40. The Balaban J connectivity index is 1.76. The number of benzene rings is 1. The molecule has 2 aromatic rings. The first kappa shape index (κ1) is 19.9. The molecule has 1 aromatic carbocycles. The Morgan fingerprint density at radius 3 is 2.46 bits per heavy atom. The van der Waals surface area contributed by atoms with E-state index < -0.39 is 16.6 Å². The van der Waals surface area contributed by atoms with Crippen molar-refractivity contribution in [3.05, 3.63) is 46.7 Å². The van der Waals surface area contributed by atoms with Crippen molar-refractivity contribution in [3.8, 4) is 11.8 Å². The molecule has 146 valence electrons. The van der Waals surface area contributed by atoms with Crippen LogP contribution in [0.5, 0.6) is 5.75 Å². The monoisotopic (exact) mass is 399 g/mol. The third kappa shape index (κ3) is 3.14. The van der Waals surface area contributed by atoms with Gasteiger partial charge in [-0.25, -0.2) is 9.97 Å². The fraction of sp³-hybridized carbons (Fsp3) is 0.400. The number of carbonyl (C=O) groups excluding carboxylic acids is 1. The number of ether oxygens (including phenoxy) is 1. The number of anilines is 1. The summed E-state index contributed by atoms with van der Waals surface area (Å²) in [5.41, 5.74) is 4.78. The second-order valence-electron chi connectivity index (χ2n) is 8.00. The summed E-state index contributed by atoms with van der Waals surface area (Å²) >= 11 is 6.11. The van der Waals surface area contributed by atoms with Gasteiger partial charge in [0.1, 0.15) is 17.4 Å². The molecular weight excluding hydrogens is 378 g/mol. The molecule has 1 aliphatic rings. The summed E-state index contributed by atoms with van der Waals surface area (Å²) in [6.45, 7) is 8.07. The minimum absolute atomic E-state index is 0.119. The number of carbonyl (C=O) groups is 1. The Hall–Kier alpha value is -2.85. The van der Waals surface area contributed by atoms with E-state index in [2.05, 4.69) is 15.3 Å². The molecule has 3 rings (SSSR count). The zero-order chi connectivity index (χ0) is 20.7. The van der Waals surface area contributed by atoms with Crippen LogP contribution >= 0.6 is 11.6 Å². The average molecular weight is 400 g/mol. The van der Waals surface area contributed by atoms with Crippen molar-refractivity contribution in [2.75, 3.05) is 5.73 Å². The third-order valence-corrected chi connectivity index (χ3v) is 6.43. The Labute approximate surface area is 168 Å². The van der Waals surface area contributed by atoms with E-state index in [9.17, 15) is 4.79 Å². The maximum atomic E-state index is 12.6. The van der Waals surface area contributed by atoms with Crippen LogP contribution in [0.25, 0.3) is 0 Å². The lowest BCUT2D eigenvalue weighted by Gasteiger charge is -2.65. The summed E-state index contributed by atoms with van der Waals surface area (Å²) < 4.78 is 6.25. The highest BCUT2D eigenvalue weighted by molar-refractivity contribution is 6.31. The van der Waals surface area contributed by atoms with Gasteiger partial charge in [-0.15, -0.1) is 0 Å². The number of nitrogens with two attached hydrogens (primary N) is 1. The molecule has 28 heavy (non-hydrogen) atoms.